The highest BCUT2D eigenvalue weighted by molar-refractivity contribution is 5.94. The molecule has 1 unspecified atom stereocenters. The average molecular weight is 353 g/mol. The van der Waals surface area contributed by atoms with Gasteiger partial charge in [-0.05, 0) is 55.0 Å². The van der Waals surface area contributed by atoms with Crippen molar-refractivity contribution >= 4 is 5.91 Å². The molecule has 1 aromatic heterocycles. The van der Waals surface area contributed by atoms with Crippen LogP contribution in [0.5, 0.6) is 5.75 Å². The predicted molar refractivity (Wildman–Crippen MR) is 96.5 cm³/mol. The van der Waals surface area contributed by atoms with Crippen LogP contribution in [0, 0.1) is 5.82 Å². The average Bonchev–Trinajstić information content (AvgIpc) is 3.14. The molecule has 1 atom stereocenters. The summed E-state index contributed by atoms with van der Waals surface area (Å²) in [6, 6.07) is 16.8. The van der Waals surface area contributed by atoms with Gasteiger partial charge in [-0.2, -0.15) is 0 Å². The largest absolute Gasteiger partial charge is 0.489 e. The molecule has 0 bridgehead atoms. The smallest absolute Gasteiger partial charge is 0.251 e. The van der Waals surface area contributed by atoms with Crippen LogP contribution in [-0.4, -0.2) is 11.9 Å². The molecule has 3 aromatic rings. The Balaban J connectivity index is 1.57. The van der Waals surface area contributed by atoms with Crippen molar-refractivity contribution in [2.75, 3.05) is 0 Å². The Morgan fingerprint density at radius 3 is 2.69 bits per heavy atom. The fourth-order valence-electron chi connectivity index (χ4n) is 2.56. The Hall–Kier alpha value is -3.08. The van der Waals surface area contributed by atoms with Gasteiger partial charge in [0.2, 0.25) is 0 Å². The summed E-state index contributed by atoms with van der Waals surface area (Å²) in [5.41, 5.74) is 1.38. The Kier molecular flexibility index (Phi) is 5.69. The molecule has 1 heterocycles. The Bertz CT molecular complexity index is 844. The van der Waals surface area contributed by atoms with Crippen LogP contribution in [-0.2, 0) is 13.0 Å². The van der Waals surface area contributed by atoms with Crippen molar-refractivity contribution in [2.24, 2.45) is 0 Å². The van der Waals surface area contributed by atoms with E-state index in [2.05, 4.69) is 5.32 Å². The van der Waals surface area contributed by atoms with E-state index in [1.165, 1.54) is 12.1 Å². The summed E-state index contributed by atoms with van der Waals surface area (Å²) in [6.45, 7) is 2.23. The quantitative estimate of drug-likeness (QED) is 0.687. The van der Waals surface area contributed by atoms with Gasteiger partial charge in [-0.3, -0.25) is 4.79 Å². The summed E-state index contributed by atoms with van der Waals surface area (Å²) in [6.07, 6.45) is 2.24. The number of rotatable bonds is 7. The van der Waals surface area contributed by atoms with Crippen molar-refractivity contribution in [3.63, 3.8) is 0 Å². The van der Waals surface area contributed by atoms with Crippen LogP contribution in [0.3, 0.4) is 0 Å². The zero-order chi connectivity index (χ0) is 18.4. The summed E-state index contributed by atoms with van der Waals surface area (Å²) >= 11 is 0. The molecule has 4 nitrogen and oxygen atoms in total. The second-order valence-electron chi connectivity index (χ2n) is 6.10. The molecular weight excluding hydrogens is 333 g/mol. The SMILES string of the molecule is CC(Cc1ccco1)NC(=O)c1cccc(OCc2ccc(F)cc2)c1. The van der Waals surface area contributed by atoms with Crippen LogP contribution in [0.1, 0.15) is 28.6 Å². The lowest BCUT2D eigenvalue weighted by Gasteiger charge is -2.13. The second-order valence-corrected chi connectivity index (χ2v) is 6.10. The zero-order valence-corrected chi connectivity index (χ0v) is 14.4. The number of ether oxygens (including phenoxy) is 1. The Morgan fingerprint density at radius 1 is 1.15 bits per heavy atom. The highest BCUT2D eigenvalue weighted by Gasteiger charge is 2.12. The maximum absolute atomic E-state index is 12.9. The van der Waals surface area contributed by atoms with E-state index in [-0.39, 0.29) is 17.8 Å². The fraction of sp³-hybridized carbons (Fsp3) is 0.190. The predicted octanol–water partition coefficient (Wildman–Crippen LogP) is 4.36. The van der Waals surface area contributed by atoms with E-state index in [4.69, 9.17) is 9.15 Å². The van der Waals surface area contributed by atoms with Gasteiger partial charge in [-0.1, -0.05) is 18.2 Å². The third kappa shape index (κ3) is 4.96. The van der Waals surface area contributed by atoms with Gasteiger partial charge < -0.3 is 14.5 Å². The molecule has 0 aliphatic rings. The molecule has 0 radical (unpaired) electrons. The van der Waals surface area contributed by atoms with E-state index in [1.807, 2.05) is 19.1 Å². The summed E-state index contributed by atoms with van der Waals surface area (Å²) in [7, 11) is 0. The minimum Gasteiger partial charge on any atom is -0.489 e. The molecular formula is C21H20FNO3. The van der Waals surface area contributed by atoms with Gasteiger partial charge in [0.1, 0.15) is 23.9 Å². The molecule has 134 valence electrons. The number of carbonyl (C=O) groups is 1. The first kappa shape index (κ1) is 17.7. The standard InChI is InChI=1S/C21H20FNO3/c1-15(12-19-6-3-11-25-19)23-21(24)17-4-2-5-20(13-17)26-14-16-7-9-18(22)10-8-16/h2-11,13,15H,12,14H2,1H3,(H,23,24). The van der Waals surface area contributed by atoms with E-state index in [0.717, 1.165) is 11.3 Å². The summed E-state index contributed by atoms with van der Waals surface area (Å²) in [5, 5.41) is 2.95. The number of furan rings is 1. The van der Waals surface area contributed by atoms with E-state index < -0.39 is 0 Å². The molecule has 0 saturated carbocycles. The number of carbonyl (C=O) groups excluding carboxylic acids is 1. The maximum Gasteiger partial charge on any atom is 0.251 e. The van der Waals surface area contributed by atoms with Crippen LogP contribution in [0.25, 0.3) is 0 Å². The Morgan fingerprint density at radius 2 is 1.96 bits per heavy atom. The normalized spacial score (nSPS) is 11.8. The summed E-state index contributed by atoms with van der Waals surface area (Å²) < 4.78 is 23.9. The third-order valence-electron chi connectivity index (χ3n) is 3.88. The van der Waals surface area contributed by atoms with Crippen LogP contribution in [0.4, 0.5) is 4.39 Å². The van der Waals surface area contributed by atoms with E-state index >= 15 is 0 Å². The molecule has 2 aromatic carbocycles. The van der Waals surface area contributed by atoms with Gasteiger partial charge in [0.25, 0.3) is 5.91 Å². The molecule has 26 heavy (non-hydrogen) atoms. The molecule has 0 spiro atoms. The van der Waals surface area contributed by atoms with Gasteiger partial charge >= 0.3 is 0 Å². The molecule has 1 N–H and O–H groups in total. The number of halogens is 1. The van der Waals surface area contributed by atoms with Crippen LogP contribution in [0.2, 0.25) is 0 Å². The monoisotopic (exact) mass is 353 g/mol. The molecule has 0 saturated heterocycles. The zero-order valence-electron chi connectivity index (χ0n) is 14.4. The lowest BCUT2D eigenvalue weighted by Crippen LogP contribution is -2.33. The number of hydrogen-bond donors (Lipinski definition) is 1. The first-order valence-corrected chi connectivity index (χ1v) is 8.41. The number of hydrogen-bond acceptors (Lipinski definition) is 3. The van der Waals surface area contributed by atoms with Gasteiger partial charge in [0.15, 0.2) is 0 Å². The number of amides is 1. The van der Waals surface area contributed by atoms with Gasteiger partial charge in [0, 0.05) is 18.0 Å². The lowest BCUT2D eigenvalue weighted by atomic mass is 10.1. The molecule has 0 aliphatic carbocycles. The minimum absolute atomic E-state index is 0.0579. The highest BCUT2D eigenvalue weighted by Crippen LogP contribution is 2.16. The van der Waals surface area contributed by atoms with E-state index in [0.29, 0.717) is 24.3 Å². The lowest BCUT2D eigenvalue weighted by molar-refractivity contribution is 0.0938. The van der Waals surface area contributed by atoms with Crippen molar-refractivity contribution in [2.45, 2.75) is 26.0 Å². The summed E-state index contributed by atoms with van der Waals surface area (Å²) in [4.78, 5) is 12.4. The number of nitrogens with one attached hydrogen (secondary N) is 1. The maximum atomic E-state index is 12.9. The first-order chi connectivity index (χ1) is 12.6. The van der Waals surface area contributed by atoms with Crippen molar-refractivity contribution in [1.82, 2.24) is 5.32 Å². The molecule has 0 aliphatic heterocycles. The van der Waals surface area contributed by atoms with Crippen molar-refractivity contribution in [3.05, 3.63) is 89.6 Å². The second kappa shape index (κ2) is 8.34. The molecule has 0 fully saturated rings. The topological polar surface area (TPSA) is 51.5 Å². The van der Waals surface area contributed by atoms with Crippen LogP contribution < -0.4 is 10.1 Å². The van der Waals surface area contributed by atoms with Crippen molar-refractivity contribution < 1.29 is 18.3 Å². The summed E-state index contributed by atoms with van der Waals surface area (Å²) in [5.74, 6) is 0.960. The molecule has 1 amide bonds. The minimum atomic E-state index is -0.281. The van der Waals surface area contributed by atoms with Crippen LogP contribution >= 0.6 is 0 Å². The first-order valence-electron chi connectivity index (χ1n) is 8.41. The molecule has 3 rings (SSSR count). The van der Waals surface area contributed by atoms with Crippen LogP contribution in [0.15, 0.2) is 71.3 Å². The fourth-order valence-corrected chi connectivity index (χ4v) is 2.56. The van der Waals surface area contributed by atoms with Crippen molar-refractivity contribution in [3.8, 4) is 5.75 Å². The number of benzene rings is 2. The van der Waals surface area contributed by atoms with Gasteiger partial charge in [0.05, 0.1) is 6.26 Å². The third-order valence-corrected chi connectivity index (χ3v) is 3.88. The van der Waals surface area contributed by atoms with E-state index in [9.17, 15) is 9.18 Å². The van der Waals surface area contributed by atoms with Gasteiger partial charge in [-0.15, -0.1) is 0 Å². The highest BCUT2D eigenvalue weighted by atomic mass is 19.1. The van der Waals surface area contributed by atoms with Crippen molar-refractivity contribution in [1.29, 1.82) is 0 Å². The molecule has 5 heteroatoms. The van der Waals surface area contributed by atoms with E-state index in [1.54, 1.807) is 42.7 Å². The van der Waals surface area contributed by atoms with Gasteiger partial charge in [-0.25, -0.2) is 4.39 Å². The Labute approximate surface area is 151 Å².